The minimum atomic E-state index is -0.539. The molecule has 0 fully saturated rings. The molecule has 0 saturated carbocycles. The van der Waals surface area contributed by atoms with Crippen LogP contribution in [0.3, 0.4) is 0 Å². The molecule has 0 saturated heterocycles. The number of fused-ring (bicyclic) bond motifs is 1. The lowest BCUT2D eigenvalue weighted by Crippen LogP contribution is -2.32. The van der Waals surface area contributed by atoms with E-state index in [4.69, 9.17) is 4.74 Å². The maximum atomic E-state index is 12.0. The van der Waals surface area contributed by atoms with Crippen molar-refractivity contribution in [3.63, 3.8) is 0 Å². The number of aromatic nitrogens is 6. The van der Waals surface area contributed by atoms with Gasteiger partial charge in [0.15, 0.2) is 5.65 Å². The van der Waals surface area contributed by atoms with Crippen LogP contribution in [0, 0.1) is 0 Å². The Morgan fingerprint density at radius 1 is 1.24 bits per heavy atom. The van der Waals surface area contributed by atoms with Crippen LogP contribution in [-0.2, 0) is 22.6 Å². The summed E-state index contributed by atoms with van der Waals surface area (Å²) in [4.78, 5) is 45.3. The Balaban J connectivity index is 1.51. The van der Waals surface area contributed by atoms with Crippen LogP contribution in [0.1, 0.15) is 6.42 Å². The first-order chi connectivity index (χ1) is 14.1. The number of carbonyl (C=O) groups is 1. The summed E-state index contributed by atoms with van der Waals surface area (Å²) in [5.41, 5.74) is -0.347. The molecule has 0 aliphatic rings. The molecule has 0 aromatic carbocycles. The normalized spacial score (nSPS) is 10.9. The first-order valence-corrected chi connectivity index (χ1v) is 9.04. The molecule has 3 aromatic rings. The number of hydrogen-bond acceptors (Lipinski definition) is 8. The van der Waals surface area contributed by atoms with Gasteiger partial charge in [-0.2, -0.15) is 5.10 Å². The summed E-state index contributed by atoms with van der Waals surface area (Å²) in [5, 5.41) is 11.0. The highest BCUT2D eigenvalue weighted by molar-refractivity contribution is 5.86. The van der Waals surface area contributed by atoms with Gasteiger partial charge in [-0.1, -0.05) is 0 Å². The second-order valence-corrected chi connectivity index (χ2v) is 6.15. The van der Waals surface area contributed by atoms with Gasteiger partial charge in [-0.05, 0) is 0 Å². The second kappa shape index (κ2) is 9.59. The molecule has 0 radical (unpaired) electrons. The number of rotatable bonds is 10. The van der Waals surface area contributed by atoms with Gasteiger partial charge in [-0.3, -0.25) is 14.6 Å². The van der Waals surface area contributed by atoms with E-state index in [1.54, 1.807) is 18.0 Å². The quantitative estimate of drug-likeness (QED) is 0.363. The number of aryl methyl sites for hydroxylation is 1. The van der Waals surface area contributed by atoms with E-state index >= 15 is 0 Å². The molecule has 0 bridgehead atoms. The number of carbonyl (C=O) groups excluding carboxylic acids is 1. The molecule has 0 aliphatic heterocycles. The summed E-state index contributed by atoms with van der Waals surface area (Å²) < 4.78 is 7.98. The third-order valence-electron chi connectivity index (χ3n) is 4.15. The number of H-pyrrole nitrogens is 1. The fourth-order valence-corrected chi connectivity index (χ4v) is 2.70. The summed E-state index contributed by atoms with van der Waals surface area (Å²) in [6.45, 7) is 2.13. The average Bonchev–Trinajstić information content (AvgIpc) is 3.11. The number of aromatic amines is 1. The number of amides is 1. The lowest BCUT2D eigenvalue weighted by Gasteiger charge is -2.08. The Bertz CT molecular complexity index is 1090. The number of ether oxygens (including phenoxy) is 1. The van der Waals surface area contributed by atoms with Crippen LogP contribution in [0.4, 0.5) is 5.82 Å². The number of nitrogens with zero attached hydrogens (tertiary/aromatic N) is 5. The lowest BCUT2D eigenvalue weighted by molar-refractivity contribution is -0.121. The Morgan fingerprint density at radius 3 is 2.90 bits per heavy atom. The zero-order chi connectivity index (χ0) is 20.6. The average molecular weight is 402 g/mol. The van der Waals surface area contributed by atoms with Crippen molar-refractivity contribution in [3.8, 4) is 0 Å². The van der Waals surface area contributed by atoms with Gasteiger partial charge in [-0.15, -0.1) is 0 Å². The number of methoxy groups -OCH3 is 1. The van der Waals surface area contributed by atoms with E-state index in [-0.39, 0.29) is 18.9 Å². The molecule has 3 aromatic heterocycles. The van der Waals surface area contributed by atoms with Gasteiger partial charge in [-0.25, -0.2) is 19.4 Å². The van der Waals surface area contributed by atoms with Gasteiger partial charge in [0, 0.05) is 45.4 Å². The highest BCUT2D eigenvalue weighted by Gasteiger charge is 2.10. The van der Waals surface area contributed by atoms with Gasteiger partial charge in [0.2, 0.25) is 5.91 Å². The maximum absolute atomic E-state index is 12.0. The first-order valence-electron chi connectivity index (χ1n) is 9.04. The van der Waals surface area contributed by atoms with Crippen molar-refractivity contribution in [1.82, 2.24) is 34.6 Å². The van der Waals surface area contributed by atoms with Crippen molar-refractivity contribution in [2.45, 2.75) is 19.5 Å². The molecule has 0 aliphatic carbocycles. The molecule has 0 unspecified atom stereocenters. The van der Waals surface area contributed by atoms with Crippen molar-refractivity contribution in [1.29, 1.82) is 0 Å². The van der Waals surface area contributed by atoms with E-state index < -0.39 is 11.2 Å². The van der Waals surface area contributed by atoms with Crippen molar-refractivity contribution in [2.75, 3.05) is 32.1 Å². The summed E-state index contributed by atoms with van der Waals surface area (Å²) in [6.07, 6.45) is 4.61. The maximum Gasteiger partial charge on any atom is 0.328 e. The standard InChI is InChI=1S/C17H22N8O4/c1-29-9-5-19-15-12-10-22-25(16(12)21-11-20-15)8-4-18-13(26)2-6-24-7-3-14(27)23-17(24)28/h3,7,10-11H,2,4-6,8-9H2,1H3,(H,18,26)(H,19,20,21)(H,23,27,28). The fraction of sp³-hybridized carbons (Fsp3) is 0.412. The Morgan fingerprint density at radius 2 is 2.10 bits per heavy atom. The van der Waals surface area contributed by atoms with Crippen molar-refractivity contribution < 1.29 is 9.53 Å². The van der Waals surface area contributed by atoms with Crippen molar-refractivity contribution >= 4 is 22.8 Å². The Kier molecular flexibility index (Phi) is 6.68. The van der Waals surface area contributed by atoms with Crippen LogP contribution >= 0.6 is 0 Å². The van der Waals surface area contributed by atoms with Crippen LogP contribution in [0.15, 0.2) is 34.4 Å². The SMILES string of the molecule is COCCNc1ncnc2c1cnn2CCNC(=O)CCn1ccc(=O)[nH]c1=O. The molecular formula is C17H22N8O4. The van der Waals surface area contributed by atoms with Crippen LogP contribution in [0.5, 0.6) is 0 Å². The molecule has 3 N–H and O–H groups in total. The largest absolute Gasteiger partial charge is 0.383 e. The summed E-state index contributed by atoms with van der Waals surface area (Å²) in [5.74, 6) is 0.463. The Labute approximate surface area is 164 Å². The minimum absolute atomic E-state index is 0.113. The monoisotopic (exact) mass is 402 g/mol. The van der Waals surface area contributed by atoms with E-state index in [9.17, 15) is 14.4 Å². The predicted octanol–water partition coefficient (Wildman–Crippen LogP) is -1.06. The summed E-state index contributed by atoms with van der Waals surface area (Å²) in [7, 11) is 1.63. The zero-order valence-corrected chi connectivity index (χ0v) is 15.9. The third kappa shape index (κ3) is 5.25. The highest BCUT2D eigenvalue weighted by Crippen LogP contribution is 2.18. The van der Waals surface area contributed by atoms with Crippen LogP contribution < -0.4 is 21.9 Å². The fourth-order valence-electron chi connectivity index (χ4n) is 2.70. The molecule has 3 heterocycles. The summed E-state index contributed by atoms with van der Waals surface area (Å²) >= 11 is 0. The molecule has 0 spiro atoms. The molecule has 29 heavy (non-hydrogen) atoms. The van der Waals surface area contributed by atoms with Gasteiger partial charge in [0.1, 0.15) is 12.1 Å². The van der Waals surface area contributed by atoms with Gasteiger partial charge < -0.3 is 19.9 Å². The first kappa shape index (κ1) is 20.2. The van der Waals surface area contributed by atoms with E-state index in [0.717, 1.165) is 5.39 Å². The van der Waals surface area contributed by atoms with Crippen molar-refractivity contribution in [2.24, 2.45) is 0 Å². The molecule has 12 heteroatoms. The molecular weight excluding hydrogens is 380 g/mol. The van der Waals surface area contributed by atoms with Crippen molar-refractivity contribution in [3.05, 3.63) is 45.6 Å². The number of hydrogen-bond donors (Lipinski definition) is 3. The Hall–Kier alpha value is -3.54. The molecule has 12 nitrogen and oxygen atoms in total. The topological polar surface area (TPSA) is 149 Å². The molecule has 1 amide bonds. The number of anilines is 1. The van der Waals surface area contributed by atoms with Gasteiger partial charge >= 0.3 is 5.69 Å². The smallest absolute Gasteiger partial charge is 0.328 e. The van der Waals surface area contributed by atoms with Crippen LogP contribution in [0.25, 0.3) is 11.0 Å². The van der Waals surface area contributed by atoms with Crippen LogP contribution in [-0.4, -0.2) is 62.0 Å². The molecule has 154 valence electrons. The van der Waals surface area contributed by atoms with Gasteiger partial charge in [0.05, 0.1) is 24.7 Å². The van der Waals surface area contributed by atoms with E-state index in [1.165, 1.54) is 23.2 Å². The van der Waals surface area contributed by atoms with E-state index in [0.29, 0.717) is 37.7 Å². The molecule has 3 rings (SSSR count). The second-order valence-electron chi connectivity index (χ2n) is 6.15. The van der Waals surface area contributed by atoms with E-state index in [2.05, 4.69) is 30.7 Å². The number of nitrogens with one attached hydrogen (secondary N) is 3. The predicted molar refractivity (Wildman–Crippen MR) is 105 cm³/mol. The van der Waals surface area contributed by atoms with Gasteiger partial charge in [0.25, 0.3) is 5.56 Å². The van der Waals surface area contributed by atoms with Crippen LogP contribution in [0.2, 0.25) is 0 Å². The highest BCUT2D eigenvalue weighted by atomic mass is 16.5. The van der Waals surface area contributed by atoms with E-state index in [1.807, 2.05) is 0 Å². The third-order valence-corrected chi connectivity index (χ3v) is 4.15. The summed E-state index contributed by atoms with van der Waals surface area (Å²) in [6, 6.07) is 1.24. The zero-order valence-electron chi connectivity index (χ0n) is 15.9. The minimum Gasteiger partial charge on any atom is -0.383 e. The molecule has 0 atom stereocenters. The lowest BCUT2D eigenvalue weighted by atomic mass is 10.3.